The molecule has 0 bridgehead atoms. The van der Waals surface area contributed by atoms with Crippen molar-refractivity contribution in [3.63, 3.8) is 0 Å². The molecule has 5 heteroatoms. The molecule has 110 valence electrons. The molecule has 1 aromatic rings. The van der Waals surface area contributed by atoms with Crippen molar-refractivity contribution < 1.29 is 14.3 Å². The van der Waals surface area contributed by atoms with Gasteiger partial charge in [0.15, 0.2) is 0 Å². The quantitative estimate of drug-likeness (QED) is 0.793. The lowest BCUT2D eigenvalue weighted by Gasteiger charge is -2.26. The molecule has 0 aromatic heterocycles. The summed E-state index contributed by atoms with van der Waals surface area (Å²) in [5, 5.41) is 2.87. The molecule has 2 rings (SSSR count). The molecule has 0 radical (unpaired) electrons. The number of nitrogens with one attached hydrogen (secondary N) is 1. The van der Waals surface area contributed by atoms with E-state index < -0.39 is 11.6 Å². The predicted molar refractivity (Wildman–Crippen MR) is 76.3 cm³/mol. The summed E-state index contributed by atoms with van der Waals surface area (Å²) < 4.78 is 10.8. The van der Waals surface area contributed by atoms with Crippen LogP contribution in [0.3, 0.4) is 0 Å². The van der Waals surface area contributed by atoms with E-state index in [-0.39, 0.29) is 5.91 Å². The Kier molecular flexibility index (Phi) is 5.11. The van der Waals surface area contributed by atoms with Crippen molar-refractivity contribution in [1.29, 1.82) is 0 Å². The molecule has 1 aliphatic rings. The van der Waals surface area contributed by atoms with Crippen LogP contribution in [0.1, 0.15) is 12.0 Å². The van der Waals surface area contributed by atoms with Crippen LogP contribution >= 0.6 is 0 Å². The largest absolute Gasteiger partial charge is 0.378 e. The van der Waals surface area contributed by atoms with Crippen molar-refractivity contribution in [2.45, 2.75) is 24.5 Å². The summed E-state index contributed by atoms with van der Waals surface area (Å²) in [6.07, 6.45) is 1.32. The van der Waals surface area contributed by atoms with E-state index in [0.717, 1.165) is 12.0 Å². The van der Waals surface area contributed by atoms with Crippen LogP contribution in [0.5, 0.6) is 0 Å². The molecule has 1 aromatic carbocycles. The Hall–Kier alpha value is -1.43. The van der Waals surface area contributed by atoms with Crippen LogP contribution in [0.2, 0.25) is 0 Å². The van der Waals surface area contributed by atoms with E-state index in [1.165, 1.54) is 0 Å². The van der Waals surface area contributed by atoms with Gasteiger partial charge in [0.25, 0.3) is 0 Å². The topological polar surface area (TPSA) is 73.6 Å². The number of amides is 1. The molecule has 1 amide bonds. The highest BCUT2D eigenvalue weighted by Crippen LogP contribution is 2.21. The lowest BCUT2D eigenvalue weighted by atomic mass is 10.0. The molecule has 3 N–H and O–H groups in total. The van der Waals surface area contributed by atoms with E-state index >= 15 is 0 Å². The molecule has 0 saturated carbocycles. The van der Waals surface area contributed by atoms with Crippen LogP contribution in [0, 0.1) is 0 Å². The number of hydrogen-bond acceptors (Lipinski definition) is 4. The molecule has 5 nitrogen and oxygen atoms in total. The van der Waals surface area contributed by atoms with Gasteiger partial charge in [-0.25, -0.2) is 0 Å². The average molecular weight is 278 g/mol. The maximum Gasteiger partial charge on any atom is 0.237 e. The highest BCUT2D eigenvalue weighted by atomic mass is 16.5. The minimum atomic E-state index is -0.548. The maximum atomic E-state index is 12.0. The van der Waals surface area contributed by atoms with E-state index in [4.69, 9.17) is 15.2 Å². The summed E-state index contributed by atoms with van der Waals surface area (Å²) >= 11 is 0. The Balaban J connectivity index is 1.82. The van der Waals surface area contributed by atoms with Crippen molar-refractivity contribution >= 4 is 5.91 Å². The Morgan fingerprint density at radius 1 is 1.50 bits per heavy atom. The van der Waals surface area contributed by atoms with Gasteiger partial charge in [0, 0.05) is 26.7 Å². The molecule has 1 fully saturated rings. The summed E-state index contributed by atoms with van der Waals surface area (Å²) in [6, 6.07) is 9.21. The first kappa shape index (κ1) is 15.0. The molecule has 0 aliphatic carbocycles. The van der Waals surface area contributed by atoms with Crippen LogP contribution in [0.4, 0.5) is 0 Å². The number of hydrogen-bond donors (Lipinski definition) is 2. The molecular weight excluding hydrogens is 256 g/mol. The highest BCUT2D eigenvalue weighted by Gasteiger charge is 2.35. The van der Waals surface area contributed by atoms with Crippen LogP contribution < -0.4 is 11.1 Å². The van der Waals surface area contributed by atoms with E-state index in [1.54, 1.807) is 7.11 Å². The van der Waals surface area contributed by atoms with Crippen molar-refractivity contribution in [2.75, 3.05) is 26.9 Å². The number of carbonyl (C=O) groups is 1. The van der Waals surface area contributed by atoms with E-state index in [1.807, 2.05) is 30.3 Å². The first-order valence-electron chi connectivity index (χ1n) is 6.85. The van der Waals surface area contributed by atoms with Crippen LogP contribution in [0.15, 0.2) is 30.3 Å². The molecule has 1 saturated heterocycles. The van der Waals surface area contributed by atoms with E-state index in [2.05, 4.69) is 5.32 Å². The standard InChI is InChI=1S/C15H22N2O3/c1-19-15(7-8-20-11-15)10-17-14(18)13(16)9-12-5-3-2-4-6-12/h2-6,13H,7-11,16H2,1H3,(H,17,18)/t13-,15?/m0/s1. The minimum Gasteiger partial charge on any atom is -0.378 e. The SMILES string of the molecule is COC1(CNC(=O)[C@@H](N)Cc2ccccc2)CCOC1. The zero-order valence-electron chi connectivity index (χ0n) is 11.8. The highest BCUT2D eigenvalue weighted by molar-refractivity contribution is 5.81. The van der Waals surface area contributed by atoms with Gasteiger partial charge in [-0.2, -0.15) is 0 Å². The third kappa shape index (κ3) is 3.79. The van der Waals surface area contributed by atoms with Crippen molar-refractivity contribution in [3.8, 4) is 0 Å². The number of ether oxygens (including phenoxy) is 2. The van der Waals surface area contributed by atoms with Gasteiger partial charge in [-0.05, 0) is 12.0 Å². The maximum absolute atomic E-state index is 12.0. The van der Waals surface area contributed by atoms with Gasteiger partial charge in [-0.3, -0.25) is 4.79 Å². The van der Waals surface area contributed by atoms with Gasteiger partial charge in [0.05, 0.1) is 12.6 Å². The minimum absolute atomic E-state index is 0.155. The second-order valence-corrected chi connectivity index (χ2v) is 5.20. The smallest absolute Gasteiger partial charge is 0.237 e. The number of benzene rings is 1. The van der Waals surface area contributed by atoms with Gasteiger partial charge >= 0.3 is 0 Å². The molecule has 1 heterocycles. The lowest BCUT2D eigenvalue weighted by molar-refractivity contribution is -0.124. The molecule has 1 unspecified atom stereocenters. The van der Waals surface area contributed by atoms with Gasteiger partial charge in [0.1, 0.15) is 5.60 Å². The Morgan fingerprint density at radius 2 is 2.25 bits per heavy atom. The number of carbonyl (C=O) groups excluding carboxylic acids is 1. The fourth-order valence-electron chi connectivity index (χ4n) is 2.30. The van der Waals surface area contributed by atoms with Crippen molar-refractivity contribution in [3.05, 3.63) is 35.9 Å². The Bertz CT molecular complexity index is 430. The number of methoxy groups -OCH3 is 1. The van der Waals surface area contributed by atoms with Crippen LogP contribution in [0.25, 0.3) is 0 Å². The molecule has 1 aliphatic heterocycles. The first-order chi connectivity index (χ1) is 9.65. The van der Waals surface area contributed by atoms with Crippen LogP contribution in [-0.2, 0) is 20.7 Å². The van der Waals surface area contributed by atoms with Gasteiger partial charge in [-0.15, -0.1) is 0 Å². The second kappa shape index (κ2) is 6.83. The van der Waals surface area contributed by atoms with Crippen molar-refractivity contribution in [2.24, 2.45) is 5.73 Å². The summed E-state index contributed by atoms with van der Waals surface area (Å²) in [6.45, 7) is 1.61. The first-order valence-corrected chi connectivity index (χ1v) is 6.85. The number of rotatable bonds is 6. The van der Waals surface area contributed by atoms with Crippen molar-refractivity contribution in [1.82, 2.24) is 5.32 Å². The molecule has 2 atom stereocenters. The van der Waals surface area contributed by atoms with E-state index in [0.29, 0.717) is 26.2 Å². The Labute approximate surface area is 119 Å². The monoisotopic (exact) mass is 278 g/mol. The summed E-state index contributed by atoms with van der Waals surface area (Å²) in [5.74, 6) is -0.155. The summed E-state index contributed by atoms with van der Waals surface area (Å²) in [5.41, 5.74) is 6.59. The zero-order chi connectivity index (χ0) is 14.4. The summed E-state index contributed by atoms with van der Waals surface area (Å²) in [7, 11) is 1.64. The molecule has 0 spiro atoms. The zero-order valence-corrected chi connectivity index (χ0v) is 11.8. The normalized spacial score (nSPS) is 23.5. The van der Waals surface area contributed by atoms with E-state index in [9.17, 15) is 4.79 Å². The third-order valence-electron chi connectivity index (χ3n) is 3.72. The summed E-state index contributed by atoms with van der Waals surface area (Å²) in [4.78, 5) is 12.0. The fourth-order valence-corrected chi connectivity index (χ4v) is 2.30. The molecular formula is C15H22N2O3. The fraction of sp³-hybridized carbons (Fsp3) is 0.533. The lowest BCUT2D eigenvalue weighted by Crippen LogP contribution is -2.50. The van der Waals surface area contributed by atoms with Gasteiger partial charge < -0.3 is 20.5 Å². The van der Waals surface area contributed by atoms with Crippen LogP contribution in [-0.4, -0.2) is 44.4 Å². The number of nitrogens with two attached hydrogens (primary N) is 1. The predicted octanol–water partition coefficient (Wildman–Crippen LogP) is 0.478. The van der Waals surface area contributed by atoms with Gasteiger partial charge in [-0.1, -0.05) is 30.3 Å². The second-order valence-electron chi connectivity index (χ2n) is 5.20. The van der Waals surface area contributed by atoms with Gasteiger partial charge in [0.2, 0.25) is 5.91 Å². The third-order valence-corrected chi connectivity index (χ3v) is 3.72. The average Bonchev–Trinajstić information content (AvgIpc) is 2.95. The molecule has 20 heavy (non-hydrogen) atoms. The Morgan fingerprint density at radius 3 is 2.85 bits per heavy atom.